The molecule has 3 rings (SSSR count). The Balaban J connectivity index is 1.77. The van der Waals surface area contributed by atoms with Gasteiger partial charge in [0.1, 0.15) is 24.0 Å². The number of halogens is 2. The zero-order valence-electron chi connectivity index (χ0n) is 18.9. The molecule has 1 unspecified atom stereocenters. The maximum atomic E-state index is 14.9. The van der Waals surface area contributed by atoms with Crippen LogP contribution in [0.4, 0.5) is 8.78 Å². The first-order valence-electron chi connectivity index (χ1n) is 10.7. The summed E-state index contributed by atoms with van der Waals surface area (Å²) in [6, 6.07) is 13.4. The van der Waals surface area contributed by atoms with Crippen LogP contribution in [0.25, 0.3) is 11.1 Å². The van der Waals surface area contributed by atoms with Gasteiger partial charge in [-0.05, 0) is 66.3 Å². The van der Waals surface area contributed by atoms with Crippen LogP contribution in [0.3, 0.4) is 0 Å². The summed E-state index contributed by atoms with van der Waals surface area (Å²) in [4.78, 5) is 15.5. The molecular formula is C26H27F2NO4. The number of carbonyl (C=O) groups excluding carboxylic acids is 1. The van der Waals surface area contributed by atoms with Crippen molar-refractivity contribution in [3.63, 3.8) is 0 Å². The molecule has 0 radical (unpaired) electrons. The predicted octanol–water partition coefficient (Wildman–Crippen LogP) is 6.06. The van der Waals surface area contributed by atoms with Gasteiger partial charge in [-0.1, -0.05) is 19.1 Å². The van der Waals surface area contributed by atoms with E-state index in [1.54, 1.807) is 32.4 Å². The summed E-state index contributed by atoms with van der Waals surface area (Å²) >= 11 is 0. The lowest BCUT2D eigenvalue weighted by atomic mass is 9.92. The van der Waals surface area contributed by atoms with Gasteiger partial charge >= 0.3 is 5.97 Å². The molecule has 0 aliphatic carbocycles. The Labute approximate surface area is 192 Å². The Morgan fingerprint density at radius 2 is 1.76 bits per heavy atom. The van der Waals surface area contributed by atoms with Crippen molar-refractivity contribution in [3.8, 4) is 22.8 Å². The molecule has 1 heterocycles. The van der Waals surface area contributed by atoms with Gasteiger partial charge in [0.05, 0.1) is 14.2 Å². The number of esters is 1. The first-order chi connectivity index (χ1) is 15.9. The molecule has 0 aliphatic rings. The minimum atomic E-state index is -0.638. The SMILES string of the molecule is COC(=O)CCCC(C)c1c(F)cc(-c2cccnc2OCc2ccc(OC)cc2)cc1F. The van der Waals surface area contributed by atoms with E-state index in [-0.39, 0.29) is 36.4 Å². The largest absolute Gasteiger partial charge is 0.497 e. The maximum Gasteiger partial charge on any atom is 0.305 e. The summed E-state index contributed by atoms with van der Waals surface area (Å²) < 4.78 is 45.5. The second-order valence-corrected chi connectivity index (χ2v) is 7.72. The minimum Gasteiger partial charge on any atom is -0.497 e. The highest BCUT2D eigenvalue weighted by molar-refractivity contribution is 5.69. The molecule has 33 heavy (non-hydrogen) atoms. The van der Waals surface area contributed by atoms with Gasteiger partial charge in [-0.15, -0.1) is 0 Å². The average molecular weight is 456 g/mol. The van der Waals surface area contributed by atoms with E-state index in [1.807, 2.05) is 24.3 Å². The Morgan fingerprint density at radius 3 is 2.39 bits per heavy atom. The fourth-order valence-electron chi connectivity index (χ4n) is 3.61. The molecule has 0 spiro atoms. The highest BCUT2D eigenvalue weighted by atomic mass is 19.1. The van der Waals surface area contributed by atoms with E-state index < -0.39 is 11.6 Å². The van der Waals surface area contributed by atoms with E-state index >= 15 is 0 Å². The number of hydrogen-bond donors (Lipinski definition) is 0. The van der Waals surface area contributed by atoms with E-state index in [0.29, 0.717) is 24.0 Å². The Morgan fingerprint density at radius 1 is 1.06 bits per heavy atom. The summed E-state index contributed by atoms with van der Waals surface area (Å²) in [6.45, 7) is 1.99. The van der Waals surface area contributed by atoms with Crippen molar-refractivity contribution in [3.05, 3.63) is 77.5 Å². The van der Waals surface area contributed by atoms with Crippen molar-refractivity contribution in [2.24, 2.45) is 0 Å². The van der Waals surface area contributed by atoms with Crippen LogP contribution in [0, 0.1) is 11.6 Å². The van der Waals surface area contributed by atoms with Gasteiger partial charge in [-0.3, -0.25) is 4.79 Å². The van der Waals surface area contributed by atoms with Crippen LogP contribution in [0.2, 0.25) is 0 Å². The van der Waals surface area contributed by atoms with Crippen LogP contribution in [-0.2, 0) is 16.1 Å². The molecule has 0 fully saturated rings. The number of aromatic nitrogens is 1. The van der Waals surface area contributed by atoms with Crippen molar-refractivity contribution in [2.75, 3.05) is 14.2 Å². The molecule has 2 aromatic carbocycles. The zero-order chi connectivity index (χ0) is 23.8. The number of benzene rings is 2. The molecular weight excluding hydrogens is 428 g/mol. The Kier molecular flexibility index (Phi) is 8.35. The summed E-state index contributed by atoms with van der Waals surface area (Å²) in [6.07, 6.45) is 2.73. The molecule has 174 valence electrons. The lowest BCUT2D eigenvalue weighted by Crippen LogP contribution is -2.05. The second-order valence-electron chi connectivity index (χ2n) is 7.72. The molecule has 7 heteroatoms. The summed E-state index contributed by atoms with van der Waals surface area (Å²) in [7, 11) is 2.91. The second kappa shape index (κ2) is 11.4. The van der Waals surface area contributed by atoms with Crippen molar-refractivity contribution < 1.29 is 27.8 Å². The third-order valence-electron chi connectivity index (χ3n) is 5.43. The van der Waals surface area contributed by atoms with Crippen LogP contribution in [0.5, 0.6) is 11.6 Å². The molecule has 0 saturated heterocycles. The maximum absolute atomic E-state index is 14.9. The molecule has 0 saturated carbocycles. The van der Waals surface area contributed by atoms with Crippen molar-refractivity contribution >= 4 is 5.97 Å². The van der Waals surface area contributed by atoms with Gasteiger partial charge < -0.3 is 14.2 Å². The number of ether oxygens (including phenoxy) is 3. The number of carbonyl (C=O) groups is 1. The molecule has 0 N–H and O–H groups in total. The van der Waals surface area contributed by atoms with Crippen LogP contribution in [-0.4, -0.2) is 25.2 Å². The first kappa shape index (κ1) is 24.2. The molecule has 0 bridgehead atoms. The molecule has 0 aliphatic heterocycles. The highest BCUT2D eigenvalue weighted by Gasteiger charge is 2.20. The molecule has 5 nitrogen and oxygen atoms in total. The standard InChI is InChI=1S/C26H27F2NO4/c1-17(6-4-8-24(30)32-3)25-22(27)14-19(15-23(25)28)21-7-5-13-29-26(21)33-16-18-9-11-20(31-2)12-10-18/h5,7,9-15,17H,4,6,8,16H2,1-3H3. The van der Waals surface area contributed by atoms with E-state index in [4.69, 9.17) is 9.47 Å². The lowest BCUT2D eigenvalue weighted by Gasteiger charge is -2.16. The van der Waals surface area contributed by atoms with Gasteiger partial charge in [0.15, 0.2) is 0 Å². The monoisotopic (exact) mass is 455 g/mol. The van der Waals surface area contributed by atoms with E-state index in [2.05, 4.69) is 9.72 Å². The lowest BCUT2D eigenvalue weighted by molar-refractivity contribution is -0.140. The van der Waals surface area contributed by atoms with E-state index in [1.165, 1.54) is 19.2 Å². The Hall–Kier alpha value is -3.48. The number of nitrogens with zero attached hydrogens (tertiary/aromatic N) is 1. The molecule has 1 atom stereocenters. The third-order valence-corrected chi connectivity index (χ3v) is 5.43. The van der Waals surface area contributed by atoms with Crippen LogP contribution >= 0.6 is 0 Å². The quantitative estimate of drug-likeness (QED) is 0.348. The highest BCUT2D eigenvalue weighted by Crippen LogP contribution is 2.34. The van der Waals surface area contributed by atoms with Gasteiger partial charge in [0.25, 0.3) is 0 Å². The number of rotatable bonds is 10. The smallest absolute Gasteiger partial charge is 0.305 e. The average Bonchev–Trinajstić information content (AvgIpc) is 2.82. The number of pyridine rings is 1. The normalized spacial score (nSPS) is 11.7. The topological polar surface area (TPSA) is 57.7 Å². The molecule has 3 aromatic rings. The summed E-state index contributed by atoms with van der Waals surface area (Å²) in [5, 5.41) is 0. The van der Waals surface area contributed by atoms with Crippen LogP contribution in [0.15, 0.2) is 54.7 Å². The summed E-state index contributed by atoms with van der Waals surface area (Å²) in [5.74, 6) is -0.976. The van der Waals surface area contributed by atoms with Gasteiger partial charge in [-0.2, -0.15) is 0 Å². The fraction of sp³-hybridized carbons (Fsp3) is 0.308. The number of methoxy groups -OCH3 is 2. The van der Waals surface area contributed by atoms with Gasteiger partial charge in [0.2, 0.25) is 5.88 Å². The zero-order valence-corrected chi connectivity index (χ0v) is 18.9. The van der Waals surface area contributed by atoms with Crippen LogP contribution < -0.4 is 9.47 Å². The van der Waals surface area contributed by atoms with E-state index in [9.17, 15) is 13.6 Å². The van der Waals surface area contributed by atoms with Gasteiger partial charge in [0, 0.05) is 23.7 Å². The van der Waals surface area contributed by atoms with E-state index in [0.717, 1.165) is 11.3 Å². The van der Waals surface area contributed by atoms with Crippen molar-refractivity contribution in [2.45, 2.75) is 38.7 Å². The number of hydrogen-bond acceptors (Lipinski definition) is 5. The fourth-order valence-corrected chi connectivity index (χ4v) is 3.61. The molecule has 0 amide bonds. The van der Waals surface area contributed by atoms with Crippen molar-refractivity contribution in [1.82, 2.24) is 4.98 Å². The first-order valence-corrected chi connectivity index (χ1v) is 10.7. The predicted molar refractivity (Wildman–Crippen MR) is 121 cm³/mol. The summed E-state index contributed by atoms with van der Waals surface area (Å²) in [5.41, 5.74) is 1.75. The Bertz CT molecular complexity index is 1060. The molecule has 1 aromatic heterocycles. The third kappa shape index (κ3) is 6.28. The van der Waals surface area contributed by atoms with Crippen LogP contribution in [0.1, 0.15) is 43.2 Å². The minimum absolute atomic E-state index is 0.00760. The van der Waals surface area contributed by atoms with Crippen molar-refractivity contribution in [1.29, 1.82) is 0 Å². The van der Waals surface area contributed by atoms with Gasteiger partial charge in [-0.25, -0.2) is 13.8 Å².